The monoisotopic (exact) mass is 265 g/mol. The number of halogens is 1. The fourth-order valence-electron chi connectivity index (χ4n) is 1.88. The van der Waals surface area contributed by atoms with Crippen LogP contribution >= 0.6 is 0 Å². The standard InChI is InChI=1S/C13H16FN3O2/c1-7-9(14)4-8(11(16)18)5-10(7)17-12(19)13(6-15)2-3-13/h4-5H,2-3,6,15H2,1H3,(H2,16,18)(H,17,19). The molecule has 1 aliphatic rings. The van der Waals surface area contributed by atoms with Gasteiger partial charge in [0, 0.05) is 23.4 Å². The van der Waals surface area contributed by atoms with E-state index in [1.165, 1.54) is 13.0 Å². The Balaban J connectivity index is 2.29. The summed E-state index contributed by atoms with van der Waals surface area (Å²) in [6, 6.07) is 2.44. The van der Waals surface area contributed by atoms with Gasteiger partial charge in [-0.2, -0.15) is 0 Å². The van der Waals surface area contributed by atoms with Gasteiger partial charge in [-0.15, -0.1) is 0 Å². The molecule has 0 aliphatic heterocycles. The highest BCUT2D eigenvalue weighted by atomic mass is 19.1. The molecule has 0 radical (unpaired) electrons. The SMILES string of the molecule is Cc1c(F)cc(C(N)=O)cc1NC(=O)C1(CN)CC1. The van der Waals surface area contributed by atoms with Gasteiger partial charge in [0.2, 0.25) is 11.8 Å². The van der Waals surface area contributed by atoms with Gasteiger partial charge < -0.3 is 16.8 Å². The summed E-state index contributed by atoms with van der Waals surface area (Å²) in [5.41, 5.74) is 10.7. The minimum Gasteiger partial charge on any atom is -0.366 e. The lowest BCUT2D eigenvalue weighted by Crippen LogP contribution is -2.31. The van der Waals surface area contributed by atoms with Crippen LogP contribution in [0.15, 0.2) is 12.1 Å². The van der Waals surface area contributed by atoms with Gasteiger partial charge in [-0.1, -0.05) is 0 Å². The average molecular weight is 265 g/mol. The van der Waals surface area contributed by atoms with E-state index in [1.54, 1.807) is 0 Å². The van der Waals surface area contributed by atoms with E-state index in [1.807, 2.05) is 0 Å². The smallest absolute Gasteiger partial charge is 0.248 e. The lowest BCUT2D eigenvalue weighted by molar-refractivity contribution is -0.120. The van der Waals surface area contributed by atoms with Gasteiger partial charge in [0.15, 0.2) is 0 Å². The van der Waals surface area contributed by atoms with Crippen LogP contribution in [0.25, 0.3) is 0 Å². The highest BCUT2D eigenvalue weighted by Crippen LogP contribution is 2.45. The maximum absolute atomic E-state index is 13.7. The topological polar surface area (TPSA) is 98.2 Å². The second-order valence-electron chi connectivity index (χ2n) is 4.93. The summed E-state index contributed by atoms with van der Waals surface area (Å²) >= 11 is 0. The maximum atomic E-state index is 13.7. The van der Waals surface area contributed by atoms with Crippen LogP contribution in [0.2, 0.25) is 0 Å². The predicted molar refractivity (Wildman–Crippen MR) is 69.0 cm³/mol. The number of amides is 2. The van der Waals surface area contributed by atoms with Crippen molar-refractivity contribution in [1.29, 1.82) is 0 Å². The third kappa shape index (κ3) is 2.44. The van der Waals surface area contributed by atoms with E-state index in [9.17, 15) is 14.0 Å². The summed E-state index contributed by atoms with van der Waals surface area (Å²) in [7, 11) is 0. The van der Waals surface area contributed by atoms with Crippen molar-refractivity contribution >= 4 is 17.5 Å². The number of carbonyl (C=O) groups excluding carboxylic acids is 2. The van der Waals surface area contributed by atoms with Crippen molar-refractivity contribution in [2.75, 3.05) is 11.9 Å². The Bertz CT molecular complexity index is 553. The van der Waals surface area contributed by atoms with E-state index in [-0.39, 0.29) is 29.3 Å². The van der Waals surface area contributed by atoms with Gasteiger partial charge >= 0.3 is 0 Å². The minimum absolute atomic E-state index is 0.0241. The molecule has 1 aromatic rings. The predicted octanol–water partition coefficient (Wildman–Crippen LogP) is 0.910. The van der Waals surface area contributed by atoms with Crippen LogP contribution in [0.3, 0.4) is 0 Å². The molecular weight excluding hydrogens is 249 g/mol. The summed E-state index contributed by atoms with van der Waals surface area (Å²) in [5.74, 6) is -1.56. The quantitative estimate of drug-likeness (QED) is 0.754. The molecule has 0 spiro atoms. The Labute approximate surface area is 110 Å². The van der Waals surface area contributed by atoms with Crippen LogP contribution in [0.5, 0.6) is 0 Å². The molecular formula is C13H16FN3O2. The summed E-state index contributed by atoms with van der Waals surface area (Å²) in [4.78, 5) is 23.1. The Morgan fingerprint density at radius 3 is 2.53 bits per heavy atom. The van der Waals surface area contributed by atoms with Crippen LogP contribution in [-0.4, -0.2) is 18.4 Å². The van der Waals surface area contributed by atoms with Gasteiger partial charge in [-0.3, -0.25) is 9.59 Å². The van der Waals surface area contributed by atoms with Crippen LogP contribution in [0, 0.1) is 18.2 Å². The second kappa shape index (κ2) is 4.62. The number of anilines is 1. The first kappa shape index (κ1) is 13.5. The largest absolute Gasteiger partial charge is 0.366 e. The summed E-state index contributed by atoms with van der Waals surface area (Å²) in [6.45, 7) is 1.79. The van der Waals surface area contributed by atoms with E-state index in [0.717, 1.165) is 18.9 Å². The molecule has 102 valence electrons. The minimum atomic E-state index is -0.741. The number of rotatable bonds is 4. The summed E-state index contributed by atoms with van der Waals surface area (Å²) in [5, 5.41) is 2.63. The normalized spacial score (nSPS) is 15.9. The van der Waals surface area contributed by atoms with Crippen LogP contribution < -0.4 is 16.8 Å². The highest BCUT2D eigenvalue weighted by Gasteiger charge is 2.48. The molecule has 1 saturated carbocycles. The number of benzene rings is 1. The molecule has 1 aliphatic carbocycles. The molecule has 1 aromatic carbocycles. The van der Waals surface area contributed by atoms with Gasteiger partial charge in [-0.05, 0) is 31.9 Å². The van der Waals surface area contributed by atoms with Crippen LogP contribution in [0.1, 0.15) is 28.8 Å². The molecule has 0 atom stereocenters. The van der Waals surface area contributed by atoms with Crippen molar-refractivity contribution in [2.24, 2.45) is 16.9 Å². The maximum Gasteiger partial charge on any atom is 0.248 e. The van der Waals surface area contributed by atoms with Crippen LogP contribution in [-0.2, 0) is 4.79 Å². The van der Waals surface area contributed by atoms with Gasteiger partial charge in [-0.25, -0.2) is 4.39 Å². The number of primary amides is 1. The number of nitrogens with one attached hydrogen (secondary N) is 1. The lowest BCUT2D eigenvalue weighted by atomic mass is 10.0. The van der Waals surface area contributed by atoms with Crippen molar-refractivity contribution in [3.63, 3.8) is 0 Å². The molecule has 6 heteroatoms. The van der Waals surface area contributed by atoms with Crippen molar-refractivity contribution in [3.8, 4) is 0 Å². The average Bonchev–Trinajstić information content (AvgIpc) is 3.15. The molecule has 1 fully saturated rings. The molecule has 0 unspecified atom stereocenters. The second-order valence-corrected chi connectivity index (χ2v) is 4.93. The Morgan fingerprint density at radius 1 is 1.42 bits per heavy atom. The molecule has 0 saturated heterocycles. The number of nitrogens with two attached hydrogens (primary N) is 2. The Morgan fingerprint density at radius 2 is 2.05 bits per heavy atom. The fourth-order valence-corrected chi connectivity index (χ4v) is 1.88. The number of hydrogen-bond donors (Lipinski definition) is 3. The van der Waals surface area contributed by atoms with Gasteiger partial charge in [0.25, 0.3) is 0 Å². The zero-order chi connectivity index (χ0) is 14.2. The van der Waals surface area contributed by atoms with Gasteiger partial charge in [0.1, 0.15) is 5.82 Å². The number of hydrogen-bond acceptors (Lipinski definition) is 3. The molecule has 2 rings (SSSR count). The molecule has 5 nitrogen and oxygen atoms in total. The lowest BCUT2D eigenvalue weighted by Gasteiger charge is -2.15. The molecule has 0 heterocycles. The van der Waals surface area contributed by atoms with E-state index < -0.39 is 17.1 Å². The Hall–Kier alpha value is -1.95. The molecule has 0 aromatic heterocycles. The zero-order valence-corrected chi connectivity index (χ0v) is 10.6. The summed E-state index contributed by atoms with van der Waals surface area (Å²) in [6.07, 6.45) is 1.46. The zero-order valence-electron chi connectivity index (χ0n) is 10.6. The molecule has 5 N–H and O–H groups in total. The van der Waals surface area contributed by atoms with E-state index >= 15 is 0 Å². The van der Waals surface area contributed by atoms with Crippen molar-refractivity contribution in [1.82, 2.24) is 0 Å². The highest BCUT2D eigenvalue weighted by molar-refractivity contribution is 6.00. The van der Waals surface area contributed by atoms with Crippen molar-refractivity contribution in [2.45, 2.75) is 19.8 Å². The fraction of sp³-hybridized carbons (Fsp3) is 0.385. The third-order valence-corrected chi connectivity index (χ3v) is 3.60. The summed E-state index contributed by atoms with van der Waals surface area (Å²) < 4.78 is 13.7. The van der Waals surface area contributed by atoms with Gasteiger partial charge in [0.05, 0.1) is 5.41 Å². The van der Waals surface area contributed by atoms with E-state index in [0.29, 0.717) is 0 Å². The Kier molecular flexibility index (Phi) is 3.28. The third-order valence-electron chi connectivity index (χ3n) is 3.60. The molecule has 0 bridgehead atoms. The van der Waals surface area contributed by atoms with E-state index in [2.05, 4.69) is 5.32 Å². The van der Waals surface area contributed by atoms with Crippen molar-refractivity contribution < 1.29 is 14.0 Å². The number of carbonyl (C=O) groups is 2. The molecule has 19 heavy (non-hydrogen) atoms. The van der Waals surface area contributed by atoms with Crippen molar-refractivity contribution in [3.05, 3.63) is 29.1 Å². The molecule has 2 amide bonds. The van der Waals surface area contributed by atoms with Crippen LogP contribution in [0.4, 0.5) is 10.1 Å². The first-order valence-corrected chi connectivity index (χ1v) is 6.01. The van der Waals surface area contributed by atoms with E-state index in [4.69, 9.17) is 11.5 Å². The first-order valence-electron chi connectivity index (χ1n) is 6.01. The first-order chi connectivity index (χ1) is 8.89.